The minimum Gasteiger partial charge on any atom is -0.482 e. The van der Waals surface area contributed by atoms with Gasteiger partial charge in [0.2, 0.25) is 0 Å². The van der Waals surface area contributed by atoms with Crippen molar-refractivity contribution in [1.29, 1.82) is 0 Å². The number of carbonyl (C=O) groups is 2. The predicted octanol–water partition coefficient (Wildman–Crippen LogP) is 2.40. The Bertz CT molecular complexity index is 687. The largest absolute Gasteiger partial charge is 0.482 e. The maximum atomic E-state index is 12.6. The fourth-order valence-electron chi connectivity index (χ4n) is 4.01. The zero-order valence-electron chi connectivity index (χ0n) is 15.1. The number of rotatable bonds is 4. The van der Waals surface area contributed by atoms with Crippen LogP contribution in [0.2, 0.25) is 0 Å². The standard InChI is InChI=1S/C20H27N3O3/c24-19-13-26-18-11-15(6-7-17(18)22-19)20(25)21-16-5-2-9-23(10-8-16)12-14-3-1-4-14/h6-7,11,14,16H,1-5,8-10,12-13H2,(H,21,25)(H,22,24). The minimum atomic E-state index is -0.167. The van der Waals surface area contributed by atoms with Crippen molar-refractivity contribution in [1.82, 2.24) is 10.2 Å². The van der Waals surface area contributed by atoms with Gasteiger partial charge in [-0.3, -0.25) is 9.59 Å². The van der Waals surface area contributed by atoms with Crippen LogP contribution < -0.4 is 15.4 Å². The smallest absolute Gasteiger partial charge is 0.262 e. The predicted molar refractivity (Wildman–Crippen MR) is 99.5 cm³/mol. The fourth-order valence-corrected chi connectivity index (χ4v) is 4.01. The van der Waals surface area contributed by atoms with Crippen LogP contribution in [0.1, 0.15) is 48.9 Å². The molecule has 1 aromatic carbocycles. The summed E-state index contributed by atoms with van der Waals surface area (Å²) in [6.07, 6.45) is 7.34. The summed E-state index contributed by atoms with van der Waals surface area (Å²) in [4.78, 5) is 26.5. The molecule has 4 rings (SSSR count). The lowest BCUT2D eigenvalue weighted by molar-refractivity contribution is -0.118. The summed E-state index contributed by atoms with van der Waals surface area (Å²) < 4.78 is 5.40. The van der Waals surface area contributed by atoms with E-state index in [4.69, 9.17) is 4.74 Å². The molecule has 6 heteroatoms. The molecule has 2 aliphatic heterocycles. The zero-order chi connectivity index (χ0) is 17.9. The van der Waals surface area contributed by atoms with Crippen molar-refractivity contribution in [3.63, 3.8) is 0 Å². The summed E-state index contributed by atoms with van der Waals surface area (Å²) in [7, 11) is 0. The molecule has 26 heavy (non-hydrogen) atoms. The maximum absolute atomic E-state index is 12.6. The second-order valence-electron chi connectivity index (χ2n) is 7.75. The van der Waals surface area contributed by atoms with Crippen molar-refractivity contribution >= 4 is 17.5 Å². The quantitative estimate of drug-likeness (QED) is 0.868. The Morgan fingerprint density at radius 1 is 1.19 bits per heavy atom. The number of hydrogen-bond donors (Lipinski definition) is 2. The molecule has 1 saturated carbocycles. The highest BCUT2D eigenvalue weighted by Gasteiger charge is 2.24. The molecule has 140 valence electrons. The summed E-state index contributed by atoms with van der Waals surface area (Å²) in [5.41, 5.74) is 1.20. The van der Waals surface area contributed by atoms with Gasteiger partial charge in [-0.1, -0.05) is 6.42 Å². The summed E-state index contributed by atoms with van der Waals surface area (Å²) in [6, 6.07) is 5.41. The average molecular weight is 357 g/mol. The molecule has 0 aromatic heterocycles. The molecule has 6 nitrogen and oxygen atoms in total. The number of ether oxygens (including phenoxy) is 1. The van der Waals surface area contributed by atoms with Crippen LogP contribution in [0.3, 0.4) is 0 Å². The van der Waals surface area contributed by atoms with Gasteiger partial charge >= 0.3 is 0 Å². The van der Waals surface area contributed by atoms with Crippen LogP contribution >= 0.6 is 0 Å². The molecule has 2 fully saturated rings. The van der Waals surface area contributed by atoms with Crippen molar-refractivity contribution in [2.24, 2.45) is 5.92 Å². The zero-order valence-corrected chi connectivity index (χ0v) is 15.1. The van der Waals surface area contributed by atoms with Crippen LogP contribution in [0.15, 0.2) is 18.2 Å². The fraction of sp³-hybridized carbons (Fsp3) is 0.600. The molecular formula is C20H27N3O3. The Morgan fingerprint density at radius 2 is 2.08 bits per heavy atom. The molecule has 1 aliphatic carbocycles. The molecule has 1 atom stereocenters. The van der Waals surface area contributed by atoms with E-state index in [9.17, 15) is 9.59 Å². The summed E-state index contributed by atoms with van der Waals surface area (Å²) >= 11 is 0. The lowest BCUT2D eigenvalue weighted by Gasteiger charge is -2.31. The van der Waals surface area contributed by atoms with Gasteiger partial charge in [0.15, 0.2) is 6.61 Å². The second-order valence-corrected chi connectivity index (χ2v) is 7.75. The highest BCUT2D eigenvalue weighted by atomic mass is 16.5. The van der Waals surface area contributed by atoms with E-state index < -0.39 is 0 Å². The van der Waals surface area contributed by atoms with Gasteiger partial charge in [-0.05, 0) is 62.8 Å². The molecule has 1 unspecified atom stereocenters. The Labute approximate surface area is 154 Å². The van der Waals surface area contributed by atoms with Crippen molar-refractivity contribution in [2.75, 3.05) is 31.6 Å². The van der Waals surface area contributed by atoms with Crippen molar-refractivity contribution in [3.05, 3.63) is 23.8 Å². The SMILES string of the molecule is O=C1COc2cc(C(=O)NC3CCCN(CC4CCC4)CC3)ccc2N1. The van der Waals surface area contributed by atoms with Crippen LogP contribution in [0.5, 0.6) is 5.75 Å². The highest BCUT2D eigenvalue weighted by molar-refractivity contribution is 5.99. The molecule has 0 bridgehead atoms. The van der Waals surface area contributed by atoms with E-state index in [2.05, 4.69) is 15.5 Å². The molecule has 2 amide bonds. The van der Waals surface area contributed by atoms with Crippen molar-refractivity contribution < 1.29 is 14.3 Å². The first kappa shape index (κ1) is 17.3. The number of amides is 2. The Morgan fingerprint density at radius 3 is 2.88 bits per heavy atom. The lowest BCUT2D eigenvalue weighted by Crippen LogP contribution is -2.37. The molecule has 1 saturated heterocycles. The number of benzene rings is 1. The minimum absolute atomic E-state index is 0.00245. The first-order chi connectivity index (χ1) is 12.7. The summed E-state index contributed by atoms with van der Waals surface area (Å²) in [6.45, 7) is 3.45. The molecule has 3 aliphatic rings. The Kier molecular flexibility index (Phi) is 5.11. The molecule has 0 radical (unpaired) electrons. The number of carbonyl (C=O) groups excluding carboxylic acids is 2. The van der Waals surface area contributed by atoms with E-state index >= 15 is 0 Å². The van der Waals surface area contributed by atoms with Gasteiger partial charge < -0.3 is 20.3 Å². The Hall–Kier alpha value is -2.08. The number of likely N-dealkylation sites (tertiary alicyclic amines) is 1. The van der Waals surface area contributed by atoms with Gasteiger partial charge in [0.25, 0.3) is 11.8 Å². The van der Waals surface area contributed by atoms with Gasteiger partial charge in [0.05, 0.1) is 5.69 Å². The van der Waals surface area contributed by atoms with E-state index in [1.54, 1.807) is 18.2 Å². The first-order valence-electron chi connectivity index (χ1n) is 9.77. The maximum Gasteiger partial charge on any atom is 0.262 e. The van der Waals surface area contributed by atoms with Crippen LogP contribution in [0, 0.1) is 5.92 Å². The third-order valence-corrected chi connectivity index (χ3v) is 5.77. The third-order valence-electron chi connectivity index (χ3n) is 5.77. The van der Waals surface area contributed by atoms with Gasteiger partial charge in [-0.15, -0.1) is 0 Å². The molecular weight excluding hydrogens is 330 g/mol. The van der Waals surface area contributed by atoms with Gasteiger partial charge in [-0.2, -0.15) is 0 Å². The van der Waals surface area contributed by atoms with E-state index in [-0.39, 0.29) is 24.5 Å². The summed E-state index contributed by atoms with van der Waals surface area (Å²) in [5, 5.41) is 5.93. The van der Waals surface area contributed by atoms with E-state index in [1.807, 2.05) is 0 Å². The van der Waals surface area contributed by atoms with Crippen LogP contribution in [-0.2, 0) is 4.79 Å². The third kappa shape index (κ3) is 4.01. The highest BCUT2D eigenvalue weighted by Crippen LogP contribution is 2.29. The Balaban J connectivity index is 1.32. The van der Waals surface area contributed by atoms with Crippen molar-refractivity contribution in [3.8, 4) is 5.75 Å². The first-order valence-corrected chi connectivity index (χ1v) is 9.77. The van der Waals surface area contributed by atoms with Crippen molar-refractivity contribution in [2.45, 2.75) is 44.6 Å². The topological polar surface area (TPSA) is 70.7 Å². The molecule has 0 spiro atoms. The van der Waals surface area contributed by atoms with E-state index in [0.29, 0.717) is 17.0 Å². The van der Waals surface area contributed by atoms with Gasteiger partial charge in [0.1, 0.15) is 5.75 Å². The second kappa shape index (κ2) is 7.66. The lowest BCUT2D eigenvalue weighted by atomic mass is 9.85. The van der Waals surface area contributed by atoms with Gasteiger partial charge in [0, 0.05) is 24.7 Å². The number of nitrogens with one attached hydrogen (secondary N) is 2. The molecule has 2 heterocycles. The normalized spacial score (nSPS) is 23.8. The monoisotopic (exact) mass is 357 g/mol. The van der Waals surface area contributed by atoms with Gasteiger partial charge in [-0.25, -0.2) is 0 Å². The van der Waals surface area contributed by atoms with Crippen LogP contribution in [0.4, 0.5) is 5.69 Å². The van der Waals surface area contributed by atoms with Crippen LogP contribution in [-0.4, -0.2) is 49.0 Å². The number of anilines is 1. The number of fused-ring (bicyclic) bond motifs is 1. The van der Waals surface area contributed by atoms with E-state index in [1.165, 1.54) is 25.8 Å². The van der Waals surface area contributed by atoms with E-state index in [0.717, 1.165) is 38.3 Å². The van der Waals surface area contributed by atoms with Crippen LogP contribution in [0.25, 0.3) is 0 Å². The summed E-state index contributed by atoms with van der Waals surface area (Å²) in [5.74, 6) is 1.23. The molecule has 1 aromatic rings. The number of nitrogens with zero attached hydrogens (tertiary/aromatic N) is 1. The number of hydrogen-bond acceptors (Lipinski definition) is 4. The average Bonchev–Trinajstić information content (AvgIpc) is 2.83. The molecule has 2 N–H and O–H groups in total.